The van der Waals surface area contributed by atoms with Crippen molar-refractivity contribution in [1.82, 2.24) is 4.98 Å². The third-order valence-electron chi connectivity index (χ3n) is 2.05. The number of nitrogens with zero attached hydrogens (tertiary/aromatic N) is 1. The third-order valence-corrected chi connectivity index (χ3v) is 2.05. The molecule has 0 saturated heterocycles. The lowest BCUT2D eigenvalue weighted by atomic mass is 10.0. The number of rotatable bonds is 3. The highest BCUT2D eigenvalue weighted by Crippen LogP contribution is 2.17. The van der Waals surface area contributed by atoms with E-state index in [1.54, 1.807) is 39.1 Å². The summed E-state index contributed by atoms with van der Waals surface area (Å²) in [6.07, 6.45) is 1.93. The van der Waals surface area contributed by atoms with Gasteiger partial charge in [0.1, 0.15) is 17.7 Å². The van der Waals surface area contributed by atoms with Crippen molar-refractivity contribution in [2.24, 2.45) is 5.73 Å². The van der Waals surface area contributed by atoms with E-state index < -0.39 is 23.7 Å². The zero-order chi connectivity index (χ0) is 13.1. The fourth-order valence-corrected chi connectivity index (χ4v) is 1.26. The molecule has 3 N–H and O–H groups in total. The van der Waals surface area contributed by atoms with Crippen LogP contribution in [-0.2, 0) is 9.53 Å². The number of aliphatic hydroxyl groups is 1. The first-order chi connectivity index (χ1) is 7.81. The third kappa shape index (κ3) is 4.13. The second kappa shape index (κ2) is 5.25. The van der Waals surface area contributed by atoms with Crippen molar-refractivity contribution in [2.45, 2.75) is 38.5 Å². The lowest BCUT2D eigenvalue weighted by Gasteiger charge is -2.24. The minimum Gasteiger partial charge on any atom is -0.459 e. The standard InChI is InChI=1S/C12H18N2O3/c1-12(2,3)17-11(16)9(13)10(15)8-5-4-6-14-7-8/h4-7,9-10,15H,13H2,1-3H3/t9-,10+/m0/s1. The largest absolute Gasteiger partial charge is 0.459 e. The molecule has 0 bridgehead atoms. The van der Waals surface area contributed by atoms with Crippen LogP contribution in [0.5, 0.6) is 0 Å². The molecule has 0 fully saturated rings. The van der Waals surface area contributed by atoms with Crippen LogP contribution in [0.15, 0.2) is 24.5 Å². The predicted octanol–water partition coefficient (Wildman–Crippen LogP) is 0.784. The quantitative estimate of drug-likeness (QED) is 0.760. The van der Waals surface area contributed by atoms with Crippen LogP contribution in [0.4, 0.5) is 0 Å². The molecular weight excluding hydrogens is 220 g/mol. The van der Waals surface area contributed by atoms with Gasteiger partial charge in [0.15, 0.2) is 0 Å². The molecule has 1 aromatic heterocycles. The molecule has 2 atom stereocenters. The fraction of sp³-hybridized carbons (Fsp3) is 0.500. The van der Waals surface area contributed by atoms with Gasteiger partial charge < -0.3 is 15.6 Å². The Hall–Kier alpha value is -1.46. The van der Waals surface area contributed by atoms with Crippen LogP contribution in [0.25, 0.3) is 0 Å². The molecule has 0 saturated carbocycles. The molecule has 1 rings (SSSR count). The van der Waals surface area contributed by atoms with Gasteiger partial charge in [-0.1, -0.05) is 6.07 Å². The second-order valence-corrected chi connectivity index (χ2v) is 4.79. The Kier molecular flexibility index (Phi) is 4.20. The van der Waals surface area contributed by atoms with Crippen LogP contribution in [0.2, 0.25) is 0 Å². The minimum absolute atomic E-state index is 0.492. The molecule has 0 aliphatic carbocycles. The lowest BCUT2D eigenvalue weighted by molar-refractivity contribution is -0.159. The summed E-state index contributed by atoms with van der Waals surface area (Å²) in [5.74, 6) is -0.631. The van der Waals surface area contributed by atoms with Gasteiger partial charge >= 0.3 is 5.97 Å². The Morgan fingerprint density at radius 1 is 1.53 bits per heavy atom. The van der Waals surface area contributed by atoms with E-state index in [0.29, 0.717) is 5.56 Å². The monoisotopic (exact) mass is 238 g/mol. The average molecular weight is 238 g/mol. The number of ether oxygens (including phenoxy) is 1. The molecular formula is C12H18N2O3. The summed E-state index contributed by atoms with van der Waals surface area (Å²) in [5, 5.41) is 9.89. The number of carbonyl (C=O) groups is 1. The van der Waals surface area contributed by atoms with Gasteiger partial charge in [0.2, 0.25) is 0 Å². The molecule has 94 valence electrons. The first-order valence-electron chi connectivity index (χ1n) is 5.38. The van der Waals surface area contributed by atoms with Crippen molar-refractivity contribution in [3.63, 3.8) is 0 Å². The maximum absolute atomic E-state index is 11.6. The van der Waals surface area contributed by atoms with Crippen molar-refractivity contribution in [2.75, 3.05) is 0 Å². The van der Waals surface area contributed by atoms with Crippen LogP contribution in [-0.4, -0.2) is 27.7 Å². The first kappa shape index (κ1) is 13.6. The Balaban J connectivity index is 2.70. The lowest BCUT2D eigenvalue weighted by Crippen LogP contribution is -2.41. The summed E-state index contributed by atoms with van der Waals surface area (Å²) >= 11 is 0. The highest BCUT2D eigenvalue weighted by molar-refractivity contribution is 5.76. The van der Waals surface area contributed by atoms with Gasteiger partial charge in [-0.15, -0.1) is 0 Å². The van der Waals surface area contributed by atoms with Crippen molar-refractivity contribution < 1.29 is 14.6 Å². The van der Waals surface area contributed by atoms with Crippen LogP contribution in [0.1, 0.15) is 32.4 Å². The Labute approximate surface area is 101 Å². The molecule has 0 aliphatic rings. The molecule has 0 aliphatic heterocycles. The molecule has 0 spiro atoms. The normalized spacial score (nSPS) is 15.1. The molecule has 0 unspecified atom stereocenters. The Bertz CT molecular complexity index is 373. The average Bonchev–Trinajstić information content (AvgIpc) is 2.26. The van der Waals surface area contributed by atoms with Crippen molar-refractivity contribution >= 4 is 5.97 Å². The number of nitrogens with two attached hydrogens (primary N) is 1. The van der Waals surface area contributed by atoms with Crippen molar-refractivity contribution in [1.29, 1.82) is 0 Å². The smallest absolute Gasteiger partial charge is 0.326 e. The summed E-state index contributed by atoms with van der Waals surface area (Å²) in [6.45, 7) is 5.23. The van der Waals surface area contributed by atoms with Gasteiger partial charge in [0.05, 0.1) is 0 Å². The molecule has 17 heavy (non-hydrogen) atoms. The molecule has 5 heteroatoms. The highest BCUT2D eigenvalue weighted by Gasteiger charge is 2.28. The Morgan fingerprint density at radius 2 is 2.18 bits per heavy atom. The number of hydrogen-bond acceptors (Lipinski definition) is 5. The van der Waals surface area contributed by atoms with Crippen LogP contribution in [0, 0.1) is 0 Å². The van der Waals surface area contributed by atoms with Gasteiger partial charge in [-0.25, -0.2) is 0 Å². The molecule has 0 radical (unpaired) electrons. The van der Waals surface area contributed by atoms with E-state index in [1.165, 1.54) is 6.20 Å². The number of aromatic nitrogens is 1. The number of esters is 1. The first-order valence-corrected chi connectivity index (χ1v) is 5.38. The van der Waals surface area contributed by atoms with Gasteiger partial charge in [0.25, 0.3) is 0 Å². The van der Waals surface area contributed by atoms with E-state index >= 15 is 0 Å². The SMILES string of the molecule is CC(C)(C)OC(=O)[C@@H](N)[C@H](O)c1cccnc1. The van der Waals surface area contributed by atoms with E-state index in [-0.39, 0.29) is 0 Å². The topological polar surface area (TPSA) is 85.4 Å². The van der Waals surface area contributed by atoms with E-state index in [0.717, 1.165) is 0 Å². The van der Waals surface area contributed by atoms with Crippen molar-refractivity contribution in [3.8, 4) is 0 Å². The zero-order valence-corrected chi connectivity index (χ0v) is 10.3. The van der Waals surface area contributed by atoms with E-state index in [1.807, 2.05) is 0 Å². The second-order valence-electron chi connectivity index (χ2n) is 4.79. The predicted molar refractivity (Wildman–Crippen MR) is 63.0 cm³/mol. The number of hydrogen-bond donors (Lipinski definition) is 2. The summed E-state index contributed by atoms with van der Waals surface area (Å²) in [6, 6.07) is 2.21. The zero-order valence-electron chi connectivity index (χ0n) is 10.3. The summed E-state index contributed by atoms with van der Waals surface area (Å²) < 4.78 is 5.10. The molecule has 1 aromatic rings. The van der Waals surface area contributed by atoms with Crippen LogP contribution < -0.4 is 5.73 Å². The van der Waals surface area contributed by atoms with E-state index in [4.69, 9.17) is 10.5 Å². The minimum atomic E-state index is -1.11. The maximum Gasteiger partial charge on any atom is 0.326 e. The molecule has 0 aromatic carbocycles. The van der Waals surface area contributed by atoms with Crippen LogP contribution in [0.3, 0.4) is 0 Å². The Morgan fingerprint density at radius 3 is 2.65 bits per heavy atom. The fourth-order valence-electron chi connectivity index (χ4n) is 1.26. The van der Waals surface area contributed by atoms with Crippen molar-refractivity contribution in [3.05, 3.63) is 30.1 Å². The number of pyridine rings is 1. The summed E-state index contributed by atoms with van der Waals surface area (Å²) in [7, 11) is 0. The number of aliphatic hydroxyl groups excluding tert-OH is 1. The highest BCUT2D eigenvalue weighted by atomic mass is 16.6. The maximum atomic E-state index is 11.6. The van der Waals surface area contributed by atoms with E-state index in [2.05, 4.69) is 4.98 Å². The molecule has 5 nitrogen and oxygen atoms in total. The van der Waals surface area contributed by atoms with Crippen LogP contribution >= 0.6 is 0 Å². The summed E-state index contributed by atoms with van der Waals surface area (Å²) in [4.78, 5) is 15.5. The van der Waals surface area contributed by atoms with Gasteiger partial charge in [-0.05, 0) is 26.8 Å². The van der Waals surface area contributed by atoms with E-state index in [9.17, 15) is 9.90 Å². The van der Waals surface area contributed by atoms with Gasteiger partial charge in [-0.3, -0.25) is 9.78 Å². The van der Waals surface area contributed by atoms with Gasteiger partial charge in [-0.2, -0.15) is 0 Å². The number of carbonyl (C=O) groups excluding carboxylic acids is 1. The molecule has 1 heterocycles. The summed E-state index contributed by atoms with van der Waals surface area (Å²) in [5.41, 5.74) is 5.52. The molecule has 0 amide bonds. The van der Waals surface area contributed by atoms with Gasteiger partial charge in [0, 0.05) is 18.0 Å².